The Bertz CT molecular complexity index is 188. The summed E-state index contributed by atoms with van der Waals surface area (Å²) in [5.74, 6) is 0. The number of carbonyl (C=O) groups is 1. The van der Waals surface area contributed by atoms with Crippen LogP contribution in [0.1, 0.15) is 53.9 Å². The number of ether oxygens (including phenoxy) is 1. The third kappa shape index (κ3) is 7.37. The lowest BCUT2D eigenvalue weighted by Gasteiger charge is -2.29. The fourth-order valence-electron chi connectivity index (χ4n) is 1.49. The van der Waals surface area contributed by atoms with Crippen molar-refractivity contribution in [1.82, 2.24) is 5.32 Å². The monoisotopic (exact) mass is 215 g/mol. The van der Waals surface area contributed by atoms with Crippen LogP contribution in [0.4, 0.5) is 0 Å². The Hall–Kier alpha value is -0.570. The molecule has 0 aromatic rings. The highest BCUT2D eigenvalue weighted by atomic mass is 16.5. The quantitative estimate of drug-likeness (QED) is 0.632. The number of amides is 1. The molecule has 0 aromatic carbocycles. The standard InChI is InChI=1S/C12H25NO2/c1-6-7-12(4,5)15-9-8-11(2,3)13-10-14/h10H,6-9H2,1-5H3,(H,13,14). The van der Waals surface area contributed by atoms with E-state index in [4.69, 9.17) is 4.74 Å². The Balaban J connectivity index is 3.82. The summed E-state index contributed by atoms with van der Waals surface area (Å²) in [4.78, 5) is 10.3. The molecule has 3 heteroatoms. The Morgan fingerprint density at radius 2 is 1.80 bits per heavy atom. The molecule has 0 spiro atoms. The van der Waals surface area contributed by atoms with Crippen molar-refractivity contribution in [2.45, 2.75) is 65.0 Å². The van der Waals surface area contributed by atoms with Gasteiger partial charge in [0.1, 0.15) is 0 Å². The van der Waals surface area contributed by atoms with Gasteiger partial charge in [-0.1, -0.05) is 13.3 Å². The number of nitrogens with one attached hydrogen (secondary N) is 1. The van der Waals surface area contributed by atoms with Gasteiger partial charge in [0.05, 0.1) is 5.60 Å². The highest BCUT2D eigenvalue weighted by Crippen LogP contribution is 2.18. The van der Waals surface area contributed by atoms with Crippen LogP contribution in [0.2, 0.25) is 0 Å². The molecule has 1 amide bonds. The van der Waals surface area contributed by atoms with E-state index in [0.29, 0.717) is 6.61 Å². The van der Waals surface area contributed by atoms with Crippen LogP contribution in [0.25, 0.3) is 0 Å². The molecule has 0 fully saturated rings. The third-order valence-electron chi connectivity index (χ3n) is 2.52. The lowest BCUT2D eigenvalue weighted by molar-refractivity contribution is -0.111. The van der Waals surface area contributed by atoms with Gasteiger partial charge in [-0.2, -0.15) is 0 Å². The molecule has 0 saturated carbocycles. The molecule has 90 valence electrons. The van der Waals surface area contributed by atoms with Gasteiger partial charge in [-0.05, 0) is 40.5 Å². The molecule has 0 bridgehead atoms. The van der Waals surface area contributed by atoms with Gasteiger partial charge in [-0.25, -0.2) is 0 Å². The van der Waals surface area contributed by atoms with Gasteiger partial charge in [0.2, 0.25) is 6.41 Å². The minimum atomic E-state index is -0.177. The normalized spacial score (nSPS) is 12.6. The fourth-order valence-corrected chi connectivity index (χ4v) is 1.49. The molecule has 0 aliphatic rings. The van der Waals surface area contributed by atoms with Crippen LogP contribution in [0.3, 0.4) is 0 Å². The van der Waals surface area contributed by atoms with Crippen molar-refractivity contribution < 1.29 is 9.53 Å². The van der Waals surface area contributed by atoms with Crippen molar-refractivity contribution in [3.8, 4) is 0 Å². The first kappa shape index (κ1) is 14.4. The molecule has 0 aliphatic carbocycles. The molecule has 0 unspecified atom stereocenters. The highest BCUT2D eigenvalue weighted by molar-refractivity contribution is 5.47. The molecule has 0 rings (SSSR count). The Morgan fingerprint density at radius 1 is 1.20 bits per heavy atom. The SMILES string of the molecule is CCCC(C)(C)OCCC(C)(C)NC=O. The average Bonchev–Trinajstić information content (AvgIpc) is 2.02. The first-order valence-corrected chi connectivity index (χ1v) is 5.68. The number of hydrogen-bond acceptors (Lipinski definition) is 2. The lowest BCUT2D eigenvalue weighted by atomic mass is 10.0. The van der Waals surface area contributed by atoms with Gasteiger partial charge in [0.25, 0.3) is 0 Å². The van der Waals surface area contributed by atoms with Gasteiger partial charge in [0.15, 0.2) is 0 Å². The van der Waals surface area contributed by atoms with E-state index in [0.717, 1.165) is 25.7 Å². The topological polar surface area (TPSA) is 38.3 Å². The third-order valence-corrected chi connectivity index (χ3v) is 2.52. The fraction of sp³-hybridized carbons (Fsp3) is 0.917. The zero-order chi connectivity index (χ0) is 11.9. The Kier molecular flexibility index (Phi) is 5.88. The van der Waals surface area contributed by atoms with Crippen molar-refractivity contribution >= 4 is 6.41 Å². The van der Waals surface area contributed by atoms with Crippen LogP contribution < -0.4 is 5.32 Å². The molecule has 15 heavy (non-hydrogen) atoms. The zero-order valence-electron chi connectivity index (χ0n) is 10.7. The molecule has 0 radical (unpaired) electrons. The summed E-state index contributed by atoms with van der Waals surface area (Å²) in [5.41, 5.74) is -0.226. The van der Waals surface area contributed by atoms with Crippen molar-refractivity contribution in [2.75, 3.05) is 6.61 Å². The van der Waals surface area contributed by atoms with Gasteiger partial charge in [-0.15, -0.1) is 0 Å². The second-order valence-corrected chi connectivity index (χ2v) is 5.25. The highest BCUT2D eigenvalue weighted by Gasteiger charge is 2.20. The molecule has 0 aromatic heterocycles. The smallest absolute Gasteiger partial charge is 0.207 e. The predicted molar refractivity (Wildman–Crippen MR) is 62.8 cm³/mol. The van der Waals surface area contributed by atoms with E-state index in [9.17, 15) is 4.79 Å². The van der Waals surface area contributed by atoms with E-state index in [-0.39, 0.29) is 11.1 Å². The van der Waals surface area contributed by atoms with Crippen molar-refractivity contribution in [3.05, 3.63) is 0 Å². The summed E-state index contributed by atoms with van der Waals surface area (Å²) in [6.07, 6.45) is 3.77. The molecule has 0 aliphatic heterocycles. The van der Waals surface area contributed by atoms with E-state index >= 15 is 0 Å². The van der Waals surface area contributed by atoms with E-state index in [1.54, 1.807) is 0 Å². The lowest BCUT2D eigenvalue weighted by Crippen LogP contribution is -2.40. The van der Waals surface area contributed by atoms with Crippen LogP contribution in [0, 0.1) is 0 Å². The first-order chi connectivity index (χ1) is 6.83. The summed E-state index contributed by atoms with van der Waals surface area (Å²) >= 11 is 0. The summed E-state index contributed by atoms with van der Waals surface area (Å²) in [6.45, 7) is 11.0. The maximum absolute atomic E-state index is 10.3. The summed E-state index contributed by atoms with van der Waals surface area (Å²) in [6, 6.07) is 0. The van der Waals surface area contributed by atoms with Gasteiger partial charge < -0.3 is 10.1 Å². The largest absolute Gasteiger partial charge is 0.375 e. The summed E-state index contributed by atoms with van der Waals surface area (Å²) in [7, 11) is 0. The van der Waals surface area contributed by atoms with Crippen molar-refractivity contribution in [3.63, 3.8) is 0 Å². The number of hydrogen-bond donors (Lipinski definition) is 1. The van der Waals surface area contributed by atoms with E-state index in [2.05, 4.69) is 26.1 Å². The van der Waals surface area contributed by atoms with Crippen LogP contribution in [0.5, 0.6) is 0 Å². The molecule has 0 atom stereocenters. The van der Waals surface area contributed by atoms with Crippen molar-refractivity contribution in [1.29, 1.82) is 0 Å². The van der Waals surface area contributed by atoms with Gasteiger partial charge in [-0.3, -0.25) is 4.79 Å². The summed E-state index contributed by atoms with van der Waals surface area (Å²) in [5, 5.41) is 2.78. The molecule has 0 saturated heterocycles. The molecule has 0 heterocycles. The van der Waals surface area contributed by atoms with Crippen LogP contribution in [-0.2, 0) is 9.53 Å². The predicted octanol–water partition coefficient (Wildman–Crippen LogP) is 2.50. The minimum Gasteiger partial charge on any atom is -0.375 e. The minimum absolute atomic E-state index is 0.0496. The van der Waals surface area contributed by atoms with E-state index in [1.165, 1.54) is 0 Å². The van der Waals surface area contributed by atoms with E-state index in [1.807, 2.05) is 13.8 Å². The van der Waals surface area contributed by atoms with Crippen LogP contribution in [0.15, 0.2) is 0 Å². The molecular weight excluding hydrogens is 190 g/mol. The average molecular weight is 215 g/mol. The summed E-state index contributed by atoms with van der Waals surface area (Å²) < 4.78 is 5.80. The van der Waals surface area contributed by atoms with E-state index < -0.39 is 0 Å². The molecule has 3 nitrogen and oxygen atoms in total. The van der Waals surface area contributed by atoms with Gasteiger partial charge in [0, 0.05) is 12.1 Å². The van der Waals surface area contributed by atoms with Crippen LogP contribution in [-0.4, -0.2) is 24.2 Å². The maximum atomic E-state index is 10.3. The number of carbonyl (C=O) groups excluding carboxylic acids is 1. The first-order valence-electron chi connectivity index (χ1n) is 5.68. The van der Waals surface area contributed by atoms with Crippen LogP contribution >= 0.6 is 0 Å². The Labute approximate surface area is 93.6 Å². The van der Waals surface area contributed by atoms with Crippen molar-refractivity contribution in [2.24, 2.45) is 0 Å². The van der Waals surface area contributed by atoms with Gasteiger partial charge >= 0.3 is 0 Å². The second kappa shape index (κ2) is 6.11. The zero-order valence-corrected chi connectivity index (χ0v) is 10.7. The maximum Gasteiger partial charge on any atom is 0.207 e. The molecule has 1 N–H and O–H groups in total. The second-order valence-electron chi connectivity index (χ2n) is 5.25. The Morgan fingerprint density at radius 3 is 2.27 bits per heavy atom. The number of rotatable bonds is 8. The molecular formula is C12H25NO2.